The van der Waals surface area contributed by atoms with Crippen molar-refractivity contribution in [1.82, 2.24) is 4.98 Å². The van der Waals surface area contributed by atoms with Gasteiger partial charge in [-0.1, -0.05) is 12.8 Å². The number of pyridine rings is 1. The van der Waals surface area contributed by atoms with Gasteiger partial charge >= 0.3 is 0 Å². The Morgan fingerprint density at radius 1 is 1.35 bits per heavy atom. The van der Waals surface area contributed by atoms with Gasteiger partial charge in [-0.3, -0.25) is 4.79 Å². The van der Waals surface area contributed by atoms with Crippen LogP contribution in [-0.2, 0) is 11.2 Å². The van der Waals surface area contributed by atoms with E-state index in [2.05, 4.69) is 10.9 Å². The number of aryl methyl sites for hydroxylation is 1. The van der Waals surface area contributed by atoms with Gasteiger partial charge in [0.25, 0.3) is 5.56 Å². The minimum absolute atomic E-state index is 0.140. The second kappa shape index (κ2) is 6.73. The lowest BCUT2D eigenvalue weighted by Crippen LogP contribution is -2.44. The van der Waals surface area contributed by atoms with E-state index in [1.54, 1.807) is 20.1 Å². The fraction of sp³-hybridized carbons (Fsp3) is 0.450. The number of H-pyrrole nitrogens is 1. The van der Waals surface area contributed by atoms with Gasteiger partial charge in [-0.25, -0.2) is 8.78 Å². The Morgan fingerprint density at radius 2 is 2.00 bits per heavy atom. The first-order valence-corrected chi connectivity index (χ1v) is 8.68. The van der Waals surface area contributed by atoms with Crippen LogP contribution >= 0.6 is 0 Å². The Balaban J connectivity index is 2.25. The average Bonchev–Trinajstić information content (AvgIpc) is 2.65. The lowest BCUT2D eigenvalue weighted by Gasteiger charge is -2.40. The van der Waals surface area contributed by atoms with Crippen LogP contribution in [0, 0.1) is 24.0 Å². The number of rotatable bonds is 3. The molecule has 3 rings (SSSR count). The van der Waals surface area contributed by atoms with E-state index in [4.69, 9.17) is 11.2 Å². The summed E-state index contributed by atoms with van der Waals surface area (Å²) in [6, 6.07) is 1.59. The van der Waals surface area contributed by atoms with Crippen molar-refractivity contribution in [2.45, 2.75) is 38.7 Å². The molecule has 1 N–H and O–H groups in total. The van der Waals surface area contributed by atoms with Gasteiger partial charge in [0.2, 0.25) is 0 Å². The summed E-state index contributed by atoms with van der Waals surface area (Å²) in [6.07, 6.45) is 7.40. The van der Waals surface area contributed by atoms with Crippen molar-refractivity contribution in [2.75, 3.05) is 25.1 Å². The second-order valence-corrected chi connectivity index (χ2v) is 6.90. The number of benzene rings is 1. The highest BCUT2D eigenvalue weighted by Gasteiger charge is 2.32. The van der Waals surface area contributed by atoms with Crippen LogP contribution in [0.4, 0.5) is 14.5 Å². The van der Waals surface area contributed by atoms with Crippen molar-refractivity contribution in [3.63, 3.8) is 0 Å². The summed E-state index contributed by atoms with van der Waals surface area (Å²) in [5.74, 6) is 0.455. The number of piperidine rings is 1. The molecule has 4 nitrogen and oxygen atoms in total. The maximum absolute atomic E-state index is 14.6. The molecule has 0 aliphatic carbocycles. The van der Waals surface area contributed by atoms with E-state index >= 15 is 0 Å². The van der Waals surface area contributed by atoms with Crippen molar-refractivity contribution < 1.29 is 13.5 Å². The molecule has 6 heteroatoms. The minimum atomic E-state index is -1.04. The van der Waals surface area contributed by atoms with Gasteiger partial charge in [0.1, 0.15) is 5.56 Å². The fourth-order valence-electron chi connectivity index (χ4n) is 3.53. The molecule has 1 saturated heterocycles. The number of aromatic amines is 1. The van der Waals surface area contributed by atoms with Gasteiger partial charge in [-0.15, -0.1) is 6.42 Å². The van der Waals surface area contributed by atoms with Crippen LogP contribution in [0.5, 0.6) is 0 Å². The molecule has 1 aromatic carbocycles. The van der Waals surface area contributed by atoms with Gasteiger partial charge in [-0.05, 0) is 37.8 Å². The maximum Gasteiger partial charge on any atom is 0.266 e. The van der Waals surface area contributed by atoms with Crippen LogP contribution in [0.15, 0.2) is 10.9 Å². The monoisotopic (exact) mass is 360 g/mol. The zero-order chi connectivity index (χ0) is 19.1. The topological polar surface area (TPSA) is 45.3 Å². The van der Waals surface area contributed by atoms with E-state index < -0.39 is 17.2 Å². The van der Waals surface area contributed by atoms with Crippen molar-refractivity contribution in [3.05, 3.63) is 39.2 Å². The number of ether oxygens (including phenoxy) is 1. The molecule has 2 heterocycles. The van der Waals surface area contributed by atoms with Crippen molar-refractivity contribution in [3.8, 4) is 12.3 Å². The summed E-state index contributed by atoms with van der Waals surface area (Å²) in [5, 5.41) is 0.439. The SMILES string of the molecule is C#Cc1c(N2CCC(C)(OC)CC2)c2cc(CC)c(F)c(F)c2[nH]c1=O. The Bertz CT molecular complexity index is 951. The maximum atomic E-state index is 14.6. The van der Waals surface area contributed by atoms with Crippen LogP contribution in [0.25, 0.3) is 10.9 Å². The van der Waals surface area contributed by atoms with E-state index in [1.807, 2.05) is 11.8 Å². The number of halogens is 2. The molecule has 0 atom stereocenters. The van der Waals surface area contributed by atoms with E-state index in [9.17, 15) is 13.6 Å². The number of hydrogen-bond acceptors (Lipinski definition) is 3. The molecule has 0 unspecified atom stereocenters. The number of hydrogen-bond donors (Lipinski definition) is 1. The molecule has 2 aromatic rings. The number of nitrogens with zero attached hydrogens (tertiary/aromatic N) is 1. The zero-order valence-electron chi connectivity index (χ0n) is 15.2. The molecule has 1 aliphatic rings. The molecule has 26 heavy (non-hydrogen) atoms. The highest BCUT2D eigenvalue weighted by molar-refractivity contribution is 5.95. The summed E-state index contributed by atoms with van der Waals surface area (Å²) < 4.78 is 34.3. The first-order valence-electron chi connectivity index (χ1n) is 8.68. The zero-order valence-corrected chi connectivity index (χ0v) is 15.2. The van der Waals surface area contributed by atoms with Gasteiger partial charge in [0.05, 0.1) is 16.8 Å². The molecule has 0 bridgehead atoms. The second-order valence-electron chi connectivity index (χ2n) is 6.90. The van der Waals surface area contributed by atoms with Crippen LogP contribution in [-0.4, -0.2) is 30.8 Å². The minimum Gasteiger partial charge on any atom is -0.378 e. The summed E-state index contributed by atoms with van der Waals surface area (Å²) in [4.78, 5) is 16.8. The standard InChI is InChI=1S/C20H22F2N2O2/c1-5-12-11-14-17(16(22)15(12)21)23-19(25)13(6-2)18(14)24-9-7-20(3,26-4)8-10-24/h2,11H,5,7-10H2,1,3-4H3,(H,23,25). The molecule has 0 saturated carbocycles. The van der Waals surface area contributed by atoms with Crippen LogP contribution in [0.2, 0.25) is 0 Å². The lowest BCUT2D eigenvalue weighted by molar-refractivity contribution is -0.0132. The first-order chi connectivity index (χ1) is 12.3. The summed E-state index contributed by atoms with van der Waals surface area (Å²) >= 11 is 0. The van der Waals surface area contributed by atoms with E-state index in [0.29, 0.717) is 30.6 Å². The van der Waals surface area contributed by atoms with Crippen molar-refractivity contribution in [1.29, 1.82) is 0 Å². The van der Waals surface area contributed by atoms with E-state index in [0.717, 1.165) is 12.8 Å². The van der Waals surface area contributed by atoms with Crippen LogP contribution in [0.1, 0.15) is 37.8 Å². The third-order valence-electron chi connectivity index (χ3n) is 5.39. The number of anilines is 1. The lowest BCUT2D eigenvalue weighted by atomic mass is 9.92. The Morgan fingerprint density at radius 3 is 2.54 bits per heavy atom. The normalized spacial score (nSPS) is 16.7. The largest absolute Gasteiger partial charge is 0.378 e. The number of aromatic nitrogens is 1. The summed E-state index contributed by atoms with van der Waals surface area (Å²) in [6.45, 7) is 5.00. The summed E-state index contributed by atoms with van der Waals surface area (Å²) in [5.41, 5.74) is -0.0681. The van der Waals surface area contributed by atoms with Gasteiger partial charge in [0.15, 0.2) is 11.6 Å². The van der Waals surface area contributed by atoms with Crippen molar-refractivity contribution in [2.24, 2.45) is 0 Å². The average molecular weight is 360 g/mol. The highest BCUT2D eigenvalue weighted by Crippen LogP contribution is 2.35. The molecular weight excluding hydrogens is 338 g/mol. The molecule has 1 aromatic heterocycles. The smallest absolute Gasteiger partial charge is 0.266 e. The molecule has 0 amide bonds. The van der Waals surface area contributed by atoms with Gasteiger partial charge in [0, 0.05) is 25.6 Å². The van der Waals surface area contributed by atoms with Gasteiger partial charge < -0.3 is 14.6 Å². The quantitative estimate of drug-likeness (QED) is 0.854. The molecule has 1 aliphatic heterocycles. The van der Waals surface area contributed by atoms with E-state index in [-0.39, 0.29) is 22.2 Å². The van der Waals surface area contributed by atoms with Crippen LogP contribution in [0.3, 0.4) is 0 Å². The van der Waals surface area contributed by atoms with Crippen molar-refractivity contribution >= 4 is 16.6 Å². The molecule has 0 spiro atoms. The fourth-order valence-corrected chi connectivity index (χ4v) is 3.53. The van der Waals surface area contributed by atoms with Gasteiger partial charge in [-0.2, -0.15) is 0 Å². The molecule has 0 radical (unpaired) electrons. The molecular formula is C20H22F2N2O2. The molecule has 1 fully saturated rings. The number of fused-ring (bicyclic) bond motifs is 1. The third-order valence-corrected chi connectivity index (χ3v) is 5.39. The van der Waals surface area contributed by atoms with E-state index in [1.165, 1.54) is 0 Å². The first kappa shape index (κ1) is 18.4. The number of nitrogens with one attached hydrogen (secondary N) is 1. The molecule has 138 valence electrons. The van der Waals surface area contributed by atoms with Crippen LogP contribution < -0.4 is 10.5 Å². The predicted octanol–water partition coefficient (Wildman–Crippen LogP) is 3.36. The Kier molecular flexibility index (Phi) is 4.76. The Labute approximate surface area is 151 Å². The highest BCUT2D eigenvalue weighted by atomic mass is 19.2. The Hall–Kier alpha value is -2.39. The number of methoxy groups -OCH3 is 1. The summed E-state index contributed by atoms with van der Waals surface area (Å²) in [7, 11) is 1.68. The predicted molar refractivity (Wildman–Crippen MR) is 98.7 cm³/mol. The third kappa shape index (κ3) is 2.86. The number of terminal acetylenes is 1.